The van der Waals surface area contributed by atoms with Crippen LogP contribution in [0.4, 0.5) is 4.39 Å². The fraction of sp³-hybridized carbons (Fsp3) is 0.500. The summed E-state index contributed by atoms with van der Waals surface area (Å²) < 4.78 is 27.4. The van der Waals surface area contributed by atoms with Crippen molar-refractivity contribution in [3.05, 3.63) is 28.8 Å². The number of nitrogens with zero attached hydrogens (tertiary/aromatic N) is 1. The van der Waals surface area contributed by atoms with E-state index < -0.39 is 21.5 Å². The Morgan fingerprint density at radius 1 is 1.56 bits per heavy atom. The van der Waals surface area contributed by atoms with Crippen LogP contribution in [0.3, 0.4) is 0 Å². The Morgan fingerprint density at radius 3 is 2.75 bits per heavy atom. The maximum atomic E-state index is 13.4. The Morgan fingerprint density at radius 2 is 2.19 bits per heavy atom. The highest BCUT2D eigenvalue weighted by Gasteiger charge is 2.19. The highest BCUT2D eigenvalue weighted by molar-refractivity contribution is 7.84. The van der Waals surface area contributed by atoms with Crippen LogP contribution in [0, 0.1) is 5.82 Å². The molecule has 16 heavy (non-hydrogen) atoms. The molecule has 1 atom stereocenters. The minimum absolute atomic E-state index is 0.0216. The van der Waals surface area contributed by atoms with E-state index in [4.69, 9.17) is 11.6 Å². The van der Waals surface area contributed by atoms with Crippen LogP contribution in [-0.2, 0) is 17.5 Å². The van der Waals surface area contributed by atoms with Crippen LogP contribution in [-0.4, -0.2) is 13.9 Å². The van der Waals surface area contributed by atoms with E-state index in [1.54, 1.807) is 0 Å². The topological polar surface area (TPSA) is 42.0 Å². The van der Waals surface area contributed by atoms with Gasteiger partial charge < -0.3 is 0 Å². The van der Waals surface area contributed by atoms with Crippen molar-refractivity contribution in [1.82, 2.24) is 9.71 Å². The van der Waals surface area contributed by atoms with Crippen LogP contribution in [0.5, 0.6) is 0 Å². The third kappa shape index (κ3) is 3.50. The van der Waals surface area contributed by atoms with Gasteiger partial charge in [-0.1, -0.05) is 11.6 Å². The number of nitrogens with one attached hydrogen (secondary N) is 1. The maximum Gasteiger partial charge on any atom is 0.164 e. The zero-order chi connectivity index (χ0) is 12.3. The molecule has 1 N–H and O–H groups in total. The van der Waals surface area contributed by atoms with Gasteiger partial charge in [-0.2, -0.15) is 0 Å². The van der Waals surface area contributed by atoms with E-state index in [0.29, 0.717) is 0 Å². The summed E-state index contributed by atoms with van der Waals surface area (Å²) in [5.74, 6) is -0.567. The number of halogens is 2. The number of hydrogen-bond acceptors (Lipinski definition) is 2. The Balaban J connectivity index is 2.69. The highest BCUT2D eigenvalue weighted by Crippen LogP contribution is 2.16. The van der Waals surface area contributed by atoms with E-state index in [0.717, 1.165) is 0 Å². The molecule has 1 aromatic rings. The predicted molar refractivity (Wildman–Crippen MR) is 63.9 cm³/mol. The Bertz CT molecular complexity index is 406. The van der Waals surface area contributed by atoms with Crippen LogP contribution in [0.2, 0.25) is 5.02 Å². The molecule has 0 bridgehead atoms. The van der Waals surface area contributed by atoms with Crippen LogP contribution >= 0.6 is 11.6 Å². The van der Waals surface area contributed by atoms with E-state index in [1.807, 2.05) is 20.8 Å². The standard InChI is InChI=1S/C10H14ClFN2OS/c1-10(2,3)16(15)14-6-8-9(12)7(11)4-5-13-8/h4-5,14H,6H2,1-3H3/t16-/m1/s1. The zero-order valence-electron chi connectivity index (χ0n) is 9.38. The fourth-order valence-corrected chi connectivity index (χ4v) is 1.80. The number of rotatable bonds is 3. The van der Waals surface area contributed by atoms with Gasteiger partial charge >= 0.3 is 0 Å². The average Bonchev–Trinajstić information content (AvgIpc) is 2.18. The third-order valence-electron chi connectivity index (χ3n) is 1.84. The Hall–Kier alpha value is -0.520. The molecule has 0 aliphatic heterocycles. The van der Waals surface area contributed by atoms with Crippen molar-refractivity contribution in [2.75, 3.05) is 0 Å². The lowest BCUT2D eigenvalue weighted by Gasteiger charge is -2.17. The minimum Gasteiger partial charge on any atom is -0.257 e. The summed E-state index contributed by atoms with van der Waals surface area (Å²) in [6.45, 7) is 5.59. The summed E-state index contributed by atoms with van der Waals surface area (Å²) in [6.07, 6.45) is 1.42. The fourth-order valence-electron chi connectivity index (χ4n) is 0.934. The van der Waals surface area contributed by atoms with Crippen molar-refractivity contribution in [1.29, 1.82) is 0 Å². The van der Waals surface area contributed by atoms with Crippen molar-refractivity contribution in [3.8, 4) is 0 Å². The van der Waals surface area contributed by atoms with Crippen molar-refractivity contribution in [3.63, 3.8) is 0 Å². The molecule has 0 radical (unpaired) electrons. The summed E-state index contributed by atoms with van der Waals surface area (Å²) in [5, 5.41) is 0.0216. The minimum atomic E-state index is -1.25. The first-order valence-corrected chi connectivity index (χ1v) is 6.29. The van der Waals surface area contributed by atoms with E-state index in [-0.39, 0.29) is 17.3 Å². The Labute approximate surface area is 102 Å². The molecule has 0 fully saturated rings. The summed E-state index contributed by atoms with van der Waals surface area (Å²) in [6, 6.07) is 1.38. The van der Waals surface area contributed by atoms with Gasteiger partial charge in [0.1, 0.15) is 0 Å². The normalized spacial score (nSPS) is 13.8. The molecule has 3 nitrogen and oxygen atoms in total. The molecule has 0 saturated carbocycles. The molecule has 90 valence electrons. The molecule has 0 aliphatic carbocycles. The quantitative estimate of drug-likeness (QED) is 0.911. The first kappa shape index (κ1) is 13.5. The van der Waals surface area contributed by atoms with Gasteiger partial charge in [-0.15, -0.1) is 0 Å². The van der Waals surface area contributed by atoms with Gasteiger partial charge in [0.05, 0.1) is 33.0 Å². The molecule has 1 aromatic heterocycles. The van der Waals surface area contributed by atoms with E-state index in [9.17, 15) is 8.60 Å². The lowest BCUT2D eigenvalue weighted by molar-refractivity contribution is 0.590. The summed E-state index contributed by atoms with van der Waals surface area (Å²) in [5.41, 5.74) is 0.171. The second-order valence-electron chi connectivity index (χ2n) is 4.26. The van der Waals surface area contributed by atoms with Crippen molar-refractivity contribution < 1.29 is 8.60 Å². The van der Waals surface area contributed by atoms with Gasteiger partial charge in [-0.05, 0) is 26.8 Å². The highest BCUT2D eigenvalue weighted by atomic mass is 35.5. The zero-order valence-corrected chi connectivity index (χ0v) is 11.0. The lowest BCUT2D eigenvalue weighted by atomic mass is 10.3. The monoisotopic (exact) mass is 264 g/mol. The largest absolute Gasteiger partial charge is 0.257 e. The lowest BCUT2D eigenvalue weighted by Crippen LogP contribution is -2.33. The predicted octanol–water partition coefficient (Wildman–Crippen LogP) is 2.43. The molecular formula is C10H14ClFN2OS. The molecule has 6 heteroatoms. The van der Waals surface area contributed by atoms with E-state index in [2.05, 4.69) is 9.71 Å². The summed E-state index contributed by atoms with van der Waals surface area (Å²) in [4.78, 5) is 3.84. The smallest absolute Gasteiger partial charge is 0.164 e. The molecule has 1 heterocycles. The van der Waals surface area contributed by atoms with Crippen LogP contribution < -0.4 is 4.72 Å². The maximum absolute atomic E-state index is 13.4. The molecular weight excluding hydrogens is 251 g/mol. The van der Waals surface area contributed by atoms with Crippen molar-refractivity contribution in [2.45, 2.75) is 32.1 Å². The van der Waals surface area contributed by atoms with Crippen LogP contribution in [0.1, 0.15) is 26.5 Å². The van der Waals surface area contributed by atoms with E-state index in [1.165, 1.54) is 12.3 Å². The molecule has 0 aromatic carbocycles. The van der Waals surface area contributed by atoms with Crippen molar-refractivity contribution in [2.24, 2.45) is 0 Å². The second-order valence-corrected chi connectivity index (χ2v) is 6.71. The molecule has 0 spiro atoms. The number of aromatic nitrogens is 1. The van der Waals surface area contributed by atoms with Gasteiger partial charge in [-0.25, -0.2) is 13.3 Å². The van der Waals surface area contributed by atoms with Crippen LogP contribution in [0.25, 0.3) is 0 Å². The van der Waals surface area contributed by atoms with Gasteiger partial charge in [0.2, 0.25) is 0 Å². The van der Waals surface area contributed by atoms with Crippen LogP contribution in [0.15, 0.2) is 12.3 Å². The number of pyridine rings is 1. The molecule has 0 aliphatic rings. The van der Waals surface area contributed by atoms with Gasteiger partial charge in [0.15, 0.2) is 5.82 Å². The molecule has 0 saturated heterocycles. The average molecular weight is 265 g/mol. The first-order chi connectivity index (χ1) is 7.32. The molecule has 0 amide bonds. The van der Waals surface area contributed by atoms with Crippen molar-refractivity contribution >= 4 is 22.6 Å². The molecule has 0 unspecified atom stereocenters. The Kier molecular flexibility index (Phi) is 4.41. The summed E-state index contributed by atoms with van der Waals surface area (Å²) >= 11 is 5.60. The van der Waals surface area contributed by atoms with Gasteiger partial charge in [-0.3, -0.25) is 4.98 Å². The SMILES string of the molecule is CC(C)(C)[S@@](=O)NCc1nccc(Cl)c1F. The van der Waals surface area contributed by atoms with Gasteiger partial charge in [0.25, 0.3) is 0 Å². The summed E-state index contributed by atoms with van der Waals surface area (Å²) in [7, 11) is -1.25. The second kappa shape index (κ2) is 5.21. The molecule has 1 rings (SSSR count). The van der Waals surface area contributed by atoms with E-state index >= 15 is 0 Å². The third-order valence-corrected chi connectivity index (χ3v) is 3.65. The number of hydrogen-bond donors (Lipinski definition) is 1. The first-order valence-electron chi connectivity index (χ1n) is 4.76. The van der Waals surface area contributed by atoms with Gasteiger partial charge in [0, 0.05) is 6.20 Å².